The van der Waals surface area contributed by atoms with Gasteiger partial charge < -0.3 is 14.9 Å². The molecule has 5 nitrogen and oxygen atoms in total. The second kappa shape index (κ2) is 6.99. The lowest BCUT2D eigenvalue weighted by molar-refractivity contribution is 0.336. The van der Waals surface area contributed by atoms with Gasteiger partial charge in [0.05, 0.1) is 6.54 Å². The molecule has 17 heavy (non-hydrogen) atoms. The van der Waals surface area contributed by atoms with Gasteiger partial charge in [-0.1, -0.05) is 24.3 Å². The van der Waals surface area contributed by atoms with E-state index in [2.05, 4.69) is 4.99 Å². The molecule has 0 aliphatic carbocycles. The summed E-state index contributed by atoms with van der Waals surface area (Å²) in [6.07, 6.45) is 1.50. The minimum atomic E-state index is -1.43. The van der Waals surface area contributed by atoms with Gasteiger partial charge >= 0.3 is 7.12 Å². The van der Waals surface area contributed by atoms with E-state index < -0.39 is 7.12 Å². The van der Waals surface area contributed by atoms with Crippen molar-refractivity contribution in [1.29, 1.82) is 0 Å². The summed E-state index contributed by atoms with van der Waals surface area (Å²) < 4.78 is 0. The van der Waals surface area contributed by atoms with Crippen molar-refractivity contribution in [3.8, 4) is 0 Å². The summed E-state index contributed by atoms with van der Waals surface area (Å²) in [5.74, 6) is 0. The van der Waals surface area contributed by atoms with E-state index in [1.165, 1.54) is 6.08 Å². The van der Waals surface area contributed by atoms with Crippen LogP contribution >= 0.6 is 0 Å². The average molecular weight is 234 g/mol. The Kier molecular flexibility index (Phi) is 5.59. The van der Waals surface area contributed by atoms with Gasteiger partial charge in [-0.3, -0.25) is 0 Å². The topological polar surface area (TPSA) is 73.1 Å². The monoisotopic (exact) mass is 234 g/mol. The lowest BCUT2D eigenvalue weighted by Crippen LogP contribution is -2.29. The summed E-state index contributed by atoms with van der Waals surface area (Å²) in [7, 11) is 0.499. The first kappa shape index (κ1) is 13.6. The van der Waals surface area contributed by atoms with Crippen LogP contribution in [-0.2, 0) is 11.3 Å². The summed E-state index contributed by atoms with van der Waals surface area (Å²) in [5.41, 5.74) is 1.54. The van der Waals surface area contributed by atoms with Crippen molar-refractivity contribution < 1.29 is 14.8 Å². The maximum Gasteiger partial charge on any atom is 0.488 e. The maximum absolute atomic E-state index is 9.89. The third-order valence-corrected chi connectivity index (χ3v) is 2.39. The number of carbonyl (C=O) groups excluding carboxylic acids is 1. The van der Waals surface area contributed by atoms with E-state index in [-0.39, 0.29) is 0 Å². The van der Waals surface area contributed by atoms with Crippen molar-refractivity contribution in [2.24, 2.45) is 4.99 Å². The molecule has 0 aliphatic rings. The number of nitrogens with zero attached hydrogens (tertiary/aromatic N) is 2. The van der Waals surface area contributed by atoms with Crippen LogP contribution in [0.5, 0.6) is 0 Å². The lowest BCUT2D eigenvalue weighted by atomic mass is 9.80. The molecule has 0 radical (unpaired) electrons. The standard InChI is InChI=1S/C11H15BN2O3/c1-14(7-6-13-9-15)8-10-2-4-11(5-3-10)12(16)17/h2-5,16-17H,6-8H2,1H3. The highest BCUT2D eigenvalue weighted by Gasteiger charge is 2.09. The number of isocyanates is 1. The van der Waals surface area contributed by atoms with Crippen LogP contribution in [0, 0.1) is 0 Å². The molecule has 0 aliphatic heterocycles. The van der Waals surface area contributed by atoms with Gasteiger partial charge in [-0.25, -0.2) is 9.79 Å². The van der Waals surface area contributed by atoms with Gasteiger partial charge in [0, 0.05) is 13.1 Å². The molecule has 1 aromatic rings. The summed E-state index contributed by atoms with van der Waals surface area (Å²) >= 11 is 0. The summed E-state index contributed by atoms with van der Waals surface area (Å²) in [6, 6.07) is 7.04. The second-order valence-electron chi connectivity index (χ2n) is 3.83. The van der Waals surface area contributed by atoms with Crippen LogP contribution in [0.2, 0.25) is 0 Å². The Bertz CT molecular complexity index is 388. The van der Waals surface area contributed by atoms with E-state index in [0.717, 1.165) is 12.1 Å². The molecular formula is C11H15BN2O3. The number of hydrogen-bond acceptors (Lipinski definition) is 5. The van der Waals surface area contributed by atoms with Crippen molar-refractivity contribution in [3.63, 3.8) is 0 Å². The van der Waals surface area contributed by atoms with E-state index >= 15 is 0 Å². The third kappa shape index (κ3) is 4.93. The number of aliphatic imine (C=N–C) groups is 1. The molecule has 0 atom stereocenters. The first-order valence-electron chi connectivity index (χ1n) is 5.30. The highest BCUT2D eigenvalue weighted by Crippen LogP contribution is 2.01. The Morgan fingerprint density at radius 2 is 2.00 bits per heavy atom. The SMILES string of the molecule is CN(CCN=C=O)Cc1ccc(B(O)O)cc1. The quantitative estimate of drug-likeness (QED) is 0.381. The molecule has 0 fully saturated rings. The molecule has 0 unspecified atom stereocenters. The van der Waals surface area contributed by atoms with Crippen LogP contribution in [0.15, 0.2) is 29.3 Å². The fourth-order valence-corrected chi connectivity index (χ4v) is 1.45. The van der Waals surface area contributed by atoms with E-state index in [1.54, 1.807) is 12.1 Å². The molecule has 0 saturated heterocycles. The molecule has 0 spiro atoms. The van der Waals surface area contributed by atoms with E-state index in [9.17, 15) is 4.79 Å². The Morgan fingerprint density at radius 1 is 1.35 bits per heavy atom. The molecule has 0 aromatic heterocycles. The highest BCUT2D eigenvalue weighted by atomic mass is 16.4. The smallest absolute Gasteiger partial charge is 0.423 e. The molecule has 1 aromatic carbocycles. The molecule has 1 rings (SSSR count). The molecule has 90 valence electrons. The predicted molar refractivity (Wildman–Crippen MR) is 65.6 cm³/mol. The first-order chi connectivity index (χ1) is 8.13. The minimum absolute atomic E-state index is 0.438. The van der Waals surface area contributed by atoms with Gasteiger partial charge in [-0.2, -0.15) is 0 Å². The largest absolute Gasteiger partial charge is 0.488 e. The van der Waals surface area contributed by atoms with Crippen LogP contribution in [0.3, 0.4) is 0 Å². The Balaban J connectivity index is 2.48. The molecule has 0 saturated carbocycles. The van der Waals surface area contributed by atoms with E-state index in [1.807, 2.05) is 24.1 Å². The molecular weight excluding hydrogens is 219 g/mol. The van der Waals surface area contributed by atoms with Crippen molar-refractivity contribution in [1.82, 2.24) is 4.90 Å². The van der Waals surface area contributed by atoms with Gasteiger partial charge in [-0.15, -0.1) is 0 Å². The predicted octanol–water partition coefficient (Wildman–Crippen LogP) is -0.866. The van der Waals surface area contributed by atoms with Crippen LogP contribution in [0.1, 0.15) is 5.56 Å². The van der Waals surface area contributed by atoms with Crippen LogP contribution in [0.4, 0.5) is 0 Å². The number of rotatable bonds is 6. The van der Waals surface area contributed by atoms with Crippen molar-refractivity contribution in [2.75, 3.05) is 20.1 Å². The Hall–Kier alpha value is -1.46. The summed E-state index contributed by atoms with van der Waals surface area (Å²) in [4.78, 5) is 15.4. The second-order valence-corrected chi connectivity index (χ2v) is 3.83. The Morgan fingerprint density at radius 3 is 2.53 bits per heavy atom. The zero-order valence-electron chi connectivity index (χ0n) is 9.71. The lowest BCUT2D eigenvalue weighted by Gasteiger charge is -2.15. The van der Waals surface area contributed by atoms with Gasteiger partial charge in [0.15, 0.2) is 0 Å². The minimum Gasteiger partial charge on any atom is -0.423 e. The molecule has 0 bridgehead atoms. The number of hydrogen-bond donors (Lipinski definition) is 2. The molecule has 2 N–H and O–H groups in total. The van der Waals surface area contributed by atoms with Crippen molar-refractivity contribution >= 4 is 18.7 Å². The first-order valence-corrected chi connectivity index (χ1v) is 5.30. The maximum atomic E-state index is 9.89. The molecule has 0 heterocycles. The van der Waals surface area contributed by atoms with Gasteiger partial charge in [-0.05, 0) is 18.1 Å². The van der Waals surface area contributed by atoms with Crippen LogP contribution in [0.25, 0.3) is 0 Å². The molecule has 6 heteroatoms. The van der Waals surface area contributed by atoms with Gasteiger partial charge in [0.25, 0.3) is 0 Å². The summed E-state index contributed by atoms with van der Waals surface area (Å²) in [6.45, 7) is 1.84. The van der Waals surface area contributed by atoms with E-state index in [0.29, 0.717) is 18.6 Å². The Labute approximate surface area is 101 Å². The van der Waals surface area contributed by atoms with Gasteiger partial charge in [0.2, 0.25) is 6.08 Å². The normalized spacial score (nSPS) is 10.1. The fraction of sp³-hybridized carbons (Fsp3) is 0.364. The third-order valence-electron chi connectivity index (χ3n) is 2.39. The van der Waals surface area contributed by atoms with Crippen LogP contribution < -0.4 is 5.46 Å². The zero-order valence-corrected chi connectivity index (χ0v) is 9.71. The zero-order chi connectivity index (χ0) is 12.7. The fourth-order valence-electron chi connectivity index (χ4n) is 1.45. The average Bonchev–Trinajstić information content (AvgIpc) is 2.30. The van der Waals surface area contributed by atoms with E-state index in [4.69, 9.17) is 10.0 Å². The van der Waals surface area contributed by atoms with Crippen molar-refractivity contribution in [2.45, 2.75) is 6.54 Å². The molecule has 0 amide bonds. The highest BCUT2D eigenvalue weighted by molar-refractivity contribution is 6.58. The summed E-state index contributed by atoms with van der Waals surface area (Å²) in [5, 5.41) is 17.9. The van der Waals surface area contributed by atoms with Crippen LogP contribution in [-0.4, -0.2) is 48.3 Å². The number of benzene rings is 1. The number of likely N-dealkylation sites (N-methyl/N-ethyl adjacent to an activating group) is 1. The van der Waals surface area contributed by atoms with Crippen molar-refractivity contribution in [3.05, 3.63) is 29.8 Å². The van der Waals surface area contributed by atoms with Gasteiger partial charge in [0.1, 0.15) is 0 Å².